The Hall–Kier alpha value is -0.820. The van der Waals surface area contributed by atoms with E-state index in [0.717, 1.165) is 0 Å². The molecule has 1 heterocycles. The van der Waals surface area contributed by atoms with Gasteiger partial charge in [-0.2, -0.15) is 0 Å². The molecule has 1 aromatic carbocycles. The molecule has 1 fully saturated rings. The number of nitrogens with zero attached hydrogens (tertiary/aromatic N) is 1. The number of hydrogen-bond acceptors (Lipinski definition) is 1. The standard InChI is InChI=1S/C14H21N/c1-12-5-7-13(8-6-12)14(2)9-4-10-15(3)11-14/h5-8H,4,9-11H2,1-3H3. The third-order valence-electron chi connectivity index (χ3n) is 3.64. The van der Waals surface area contributed by atoms with E-state index in [2.05, 4.69) is 50.1 Å². The molecule has 15 heavy (non-hydrogen) atoms. The van der Waals surface area contributed by atoms with Crippen LogP contribution in [-0.4, -0.2) is 25.0 Å². The summed E-state index contributed by atoms with van der Waals surface area (Å²) in [5.74, 6) is 0. The predicted octanol–water partition coefficient (Wildman–Crippen LogP) is 2.98. The molecule has 82 valence electrons. The molecule has 0 spiro atoms. The Balaban J connectivity index is 2.24. The first-order valence-electron chi connectivity index (χ1n) is 5.86. The van der Waals surface area contributed by atoms with Crippen LogP contribution in [-0.2, 0) is 5.41 Å². The Morgan fingerprint density at radius 2 is 1.87 bits per heavy atom. The summed E-state index contributed by atoms with van der Waals surface area (Å²) >= 11 is 0. The van der Waals surface area contributed by atoms with Crippen LogP contribution in [0, 0.1) is 6.92 Å². The highest BCUT2D eigenvalue weighted by Crippen LogP contribution is 2.33. The number of aryl methyl sites for hydroxylation is 1. The molecule has 1 atom stereocenters. The van der Waals surface area contributed by atoms with E-state index in [1.54, 1.807) is 0 Å². The lowest BCUT2D eigenvalue weighted by Crippen LogP contribution is -2.42. The Morgan fingerprint density at radius 3 is 2.47 bits per heavy atom. The number of hydrogen-bond donors (Lipinski definition) is 0. The van der Waals surface area contributed by atoms with E-state index in [1.165, 1.54) is 37.1 Å². The molecule has 1 heteroatoms. The van der Waals surface area contributed by atoms with Gasteiger partial charge in [0.1, 0.15) is 0 Å². The lowest BCUT2D eigenvalue weighted by atomic mass is 9.76. The minimum absolute atomic E-state index is 0.362. The van der Waals surface area contributed by atoms with Gasteiger partial charge >= 0.3 is 0 Å². The number of benzene rings is 1. The Bertz CT molecular complexity index is 328. The van der Waals surface area contributed by atoms with Crippen molar-refractivity contribution in [3.63, 3.8) is 0 Å². The predicted molar refractivity (Wildman–Crippen MR) is 65.3 cm³/mol. The van der Waals surface area contributed by atoms with Gasteiger partial charge in [-0.15, -0.1) is 0 Å². The van der Waals surface area contributed by atoms with Crippen LogP contribution >= 0.6 is 0 Å². The second kappa shape index (κ2) is 3.97. The SMILES string of the molecule is Cc1ccc(C2(C)CCCN(C)C2)cc1. The third-order valence-corrected chi connectivity index (χ3v) is 3.64. The zero-order valence-corrected chi connectivity index (χ0v) is 10.1. The van der Waals surface area contributed by atoms with Crippen LogP contribution in [0.25, 0.3) is 0 Å². The van der Waals surface area contributed by atoms with Crippen molar-refractivity contribution in [3.8, 4) is 0 Å². The van der Waals surface area contributed by atoms with Gasteiger partial charge in [-0.25, -0.2) is 0 Å². The van der Waals surface area contributed by atoms with E-state index in [1.807, 2.05) is 0 Å². The van der Waals surface area contributed by atoms with E-state index < -0.39 is 0 Å². The fraction of sp³-hybridized carbons (Fsp3) is 0.571. The first kappa shape index (κ1) is 10.7. The van der Waals surface area contributed by atoms with Gasteiger partial charge in [-0.3, -0.25) is 0 Å². The normalized spacial score (nSPS) is 27.9. The maximum atomic E-state index is 2.45. The summed E-state index contributed by atoms with van der Waals surface area (Å²) in [4.78, 5) is 2.45. The Labute approximate surface area is 93.1 Å². The number of rotatable bonds is 1. The highest BCUT2D eigenvalue weighted by molar-refractivity contribution is 5.29. The van der Waals surface area contributed by atoms with Crippen molar-refractivity contribution in [1.82, 2.24) is 4.90 Å². The maximum absolute atomic E-state index is 2.45. The minimum Gasteiger partial charge on any atom is -0.305 e. The van der Waals surface area contributed by atoms with Crippen LogP contribution in [0.2, 0.25) is 0 Å². The molecule has 0 radical (unpaired) electrons. The molecule has 1 unspecified atom stereocenters. The van der Waals surface area contributed by atoms with Crippen molar-refractivity contribution in [2.75, 3.05) is 20.1 Å². The second-order valence-corrected chi connectivity index (χ2v) is 5.27. The summed E-state index contributed by atoms with van der Waals surface area (Å²) in [5, 5.41) is 0. The van der Waals surface area contributed by atoms with Crippen LogP contribution in [0.4, 0.5) is 0 Å². The molecule has 2 rings (SSSR count). The van der Waals surface area contributed by atoms with Crippen molar-refractivity contribution in [2.45, 2.75) is 32.1 Å². The molecule has 0 aliphatic carbocycles. The fourth-order valence-electron chi connectivity index (χ4n) is 2.68. The summed E-state index contributed by atoms with van der Waals surface area (Å²) in [7, 11) is 2.23. The monoisotopic (exact) mass is 203 g/mol. The summed E-state index contributed by atoms with van der Waals surface area (Å²) in [6.07, 6.45) is 2.64. The maximum Gasteiger partial charge on any atom is 0.00729 e. The number of piperidine rings is 1. The summed E-state index contributed by atoms with van der Waals surface area (Å²) < 4.78 is 0. The first-order valence-corrected chi connectivity index (χ1v) is 5.86. The molecular weight excluding hydrogens is 182 g/mol. The molecule has 0 saturated carbocycles. The van der Waals surface area contributed by atoms with Crippen molar-refractivity contribution < 1.29 is 0 Å². The largest absolute Gasteiger partial charge is 0.305 e. The van der Waals surface area contributed by atoms with E-state index in [9.17, 15) is 0 Å². The molecule has 0 N–H and O–H groups in total. The quantitative estimate of drug-likeness (QED) is 0.678. The van der Waals surface area contributed by atoms with Crippen molar-refractivity contribution >= 4 is 0 Å². The summed E-state index contributed by atoms with van der Waals surface area (Å²) in [5.41, 5.74) is 3.21. The van der Waals surface area contributed by atoms with Crippen LogP contribution in [0.15, 0.2) is 24.3 Å². The van der Waals surface area contributed by atoms with Gasteiger partial charge < -0.3 is 4.90 Å². The number of likely N-dealkylation sites (N-methyl/N-ethyl adjacent to an activating group) is 1. The van der Waals surface area contributed by atoms with Gasteiger partial charge in [0.2, 0.25) is 0 Å². The van der Waals surface area contributed by atoms with E-state index in [4.69, 9.17) is 0 Å². The average molecular weight is 203 g/mol. The molecule has 0 amide bonds. The molecule has 0 aromatic heterocycles. The molecule has 1 aliphatic heterocycles. The number of likely N-dealkylation sites (tertiary alicyclic amines) is 1. The summed E-state index contributed by atoms with van der Waals surface area (Å²) in [6, 6.07) is 9.06. The van der Waals surface area contributed by atoms with E-state index >= 15 is 0 Å². The lowest BCUT2D eigenvalue weighted by Gasteiger charge is -2.39. The van der Waals surface area contributed by atoms with Crippen LogP contribution in [0.1, 0.15) is 30.9 Å². The van der Waals surface area contributed by atoms with Gasteiger partial charge in [0.05, 0.1) is 0 Å². The van der Waals surface area contributed by atoms with Gasteiger partial charge in [-0.1, -0.05) is 36.8 Å². The molecular formula is C14H21N. The van der Waals surface area contributed by atoms with Crippen LogP contribution in [0.3, 0.4) is 0 Å². The van der Waals surface area contributed by atoms with Gasteiger partial charge in [-0.05, 0) is 38.9 Å². The third kappa shape index (κ3) is 2.23. The first-order chi connectivity index (χ1) is 7.10. The average Bonchev–Trinajstić information content (AvgIpc) is 2.18. The van der Waals surface area contributed by atoms with Crippen LogP contribution in [0.5, 0.6) is 0 Å². The van der Waals surface area contributed by atoms with Gasteiger partial charge in [0.25, 0.3) is 0 Å². The van der Waals surface area contributed by atoms with Crippen molar-refractivity contribution in [1.29, 1.82) is 0 Å². The highest BCUT2D eigenvalue weighted by Gasteiger charge is 2.30. The Morgan fingerprint density at radius 1 is 1.20 bits per heavy atom. The van der Waals surface area contributed by atoms with Gasteiger partial charge in [0, 0.05) is 12.0 Å². The van der Waals surface area contributed by atoms with Crippen molar-refractivity contribution in [3.05, 3.63) is 35.4 Å². The molecule has 1 aliphatic rings. The van der Waals surface area contributed by atoms with Crippen molar-refractivity contribution in [2.24, 2.45) is 0 Å². The van der Waals surface area contributed by atoms with Crippen LogP contribution < -0.4 is 0 Å². The highest BCUT2D eigenvalue weighted by atomic mass is 15.1. The fourth-order valence-corrected chi connectivity index (χ4v) is 2.68. The molecule has 1 nitrogen and oxygen atoms in total. The molecule has 0 bridgehead atoms. The smallest absolute Gasteiger partial charge is 0.00729 e. The lowest BCUT2D eigenvalue weighted by molar-refractivity contribution is 0.188. The second-order valence-electron chi connectivity index (χ2n) is 5.27. The zero-order valence-electron chi connectivity index (χ0n) is 10.1. The van der Waals surface area contributed by atoms with Gasteiger partial charge in [0.15, 0.2) is 0 Å². The van der Waals surface area contributed by atoms with E-state index in [0.29, 0.717) is 5.41 Å². The topological polar surface area (TPSA) is 3.24 Å². The van der Waals surface area contributed by atoms with E-state index in [-0.39, 0.29) is 0 Å². The molecule has 1 saturated heterocycles. The summed E-state index contributed by atoms with van der Waals surface area (Å²) in [6.45, 7) is 6.99. The Kier molecular flexibility index (Phi) is 2.83. The minimum atomic E-state index is 0.362. The molecule has 1 aromatic rings. The zero-order chi connectivity index (χ0) is 10.9.